The molecule has 0 spiro atoms. The van der Waals surface area contributed by atoms with Crippen LogP contribution in [-0.2, 0) is 0 Å². The molecule has 0 aliphatic carbocycles. The first-order chi connectivity index (χ1) is 13.2. The molecule has 0 unspecified atom stereocenters. The first kappa shape index (κ1) is 18.7. The molecule has 3 aromatic rings. The fourth-order valence-corrected chi connectivity index (χ4v) is 2.85. The van der Waals surface area contributed by atoms with Crippen molar-refractivity contribution in [2.24, 2.45) is 0 Å². The van der Waals surface area contributed by atoms with Gasteiger partial charge in [0, 0.05) is 5.56 Å². The molecule has 1 aromatic heterocycles. The average molecular weight is 364 g/mol. The van der Waals surface area contributed by atoms with Gasteiger partial charge in [0.2, 0.25) is 0 Å². The Hall–Kier alpha value is -3.08. The van der Waals surface area contributed by atoms with Crippen LogP contribution < -0.4 is 4.74 Å². The third-order valence-corrected chi connectivity index (χ3v) is 4.44. The molecule has 2 aromatic carbocycles. The van der Waals surface area contributed by atoms with E-state index in [0.717, 1.165) is 41.3 Å². The minimum Gasteiger partial charge on any atom is -0.494 e. The lowest BCUT2D eigenvalue weighted by Crippen LogP contribution is -1.96. The lowest BCUT2D eigenvalue weighted by Gasteiger charge is -2.06. The summed E-state index contributed by atoms with van der Waals surface area (Å²) >= 11 is 0. The van der Waals surface area contributed by atoms with Gasteiger partial charge in [-0.05, 0) is 54.4 Å². The molecule has 0 saturated carbocycles. The van der Waals surface area contributed by atoms with Crippen LogP contribution in [0.5, 0.6) is 5.75 Å². The molecule has 5 nitrogen and oxygen atoms in total. The zero-order valence-corrected chi connectivity index (χ0v) is 15.4. The van der Waals surface area contributed by atoms with Crippen LogP contribution in [0.15, 0.2) is 54.6 Å². The highest BCUT2D eigenvalue weighted by Crippen LogP contribution is 2.25. The van der Waals surface area contributed by atoms with Gasteiger partial charge in [0.15, 0.2) is 0 Å². The molecule has 140 valence electrons. The Labute approximate surface area is 159 Å². The second kappa shape index (κ2) is 9.03. The Morgan fingerprint density at radius 3 is 2.37 bits per heavy atom. The van der Waals surface area contributed by atoms with Crippen LogP contribution in [0.3, 0.4) is 0 Å². The molecule has 0 saturated heterocycles. The van der Waals surface area contributed by atoms with Gasteiger partial charge in [-0.3, -0.25) is 5.10 Å². The number of aromatic nitrogens is 2. The van der Waals surface area contributed by atoms with E-state index in [4.69, 9.17) is 9.84 Å². The topological polar surface area (TPSA) is 75.2 Å². The van der Waals surface area contributed by atoms with Crippen molar-refractivity contribution in [1.29, 1.82) is 0 Å². The fraction of sp³-hybridized carbons (Fsp3) is 0.273. The van der Waals surface area contributed by atoms with Crippen molar-refractivity contribution in [3.05, 3.63) is 60.2 Å². The number of nitrogens with one attached hydrogen (secondary N) is 1. The second-order valence-corrected chi connectivity index (χ2v) is 6.48. The Kier molecular flexibility index (Phi) is 6.26. The van der Waals surface area contributed by atoms with Crippen molar-refractivity contribution < 1.29 is 14.6 Å². The number of nitrogens with zero attached hydrogens (tertiary/aromatic N) is 1. The molecule has 0 atom stereocenters. The first-order valence-corrected chi connectivity index (χ1v) is 9.29. The molecule has 0 aliphatic rings. The van der Waals surface area contributed by atoms with Crippen molar-refractivity contribution in [2.75, 3.05) is 6.61 Å². The van der Waals surface area contributed by atoms with E-state index < -0.39 is 5.97 Å². The molecule has 0 radical (unpaired) electrons. The van der Waals surface area contributed by atoms with E-state index in [2.05, 4.69) is 17.1 Å². The summed E-state index contributed by atoms with van der Waals surface area (Å²) in [6.45, 7) is 2.95. The van der Waals surface area contributed by atoms with Crippen LogP contribution in [0, 0.1) is 0 Å². The number of carboxylic acid groups (broad SMARTS) is 1. The summed E-state index contributed by atoms with van der Waals surface area (Å²) in [5.74, 6) is -0.0604. The lowest BCUT2D eigenvalue weighted by atomic mass is 10.1. The number of carboxylic acids is 1. The maximum absolute atomic E-state index is 10.9. The maximum atomic E-state index is 10.9. The van der Waals surface area contributed by atoms with Crippen LogP contribution >= 0.6 is 0 Å². The van der Waals surface area contributed by atoms with E-state index in [1.807, 2.05) is 30.3 Å². The average Bonchev–Trinajstić information content (AvgIpc) is 3.18. The van der Waals surface area contributed by atoms with Crippen LogP contribution in [0.4, 0.5) is 0 Å². The molecular formula is C22H24N2O3. The van der Waals surface area contributed by atoms with Gasteiger partial charge in [-0.15, -0.1) is 0 Å². The van der Waals surface area contributed by atoms with E-state index in [0.29, 0.717) is 0 Å². The summed E-state index contributed by atoms with van der Waals surface area (Å²) in [6.07, 6.45) is 4.77. The van der Waals surface area contributed by atoms with Gasteiger partial charge in [0.25, 0.3) is 0 Å². The molecule has 1 heterocycles. The van der Waals surface area contributed by atoms with Crippen LogP contribution in [0.1, 0.15) is 43.0 Å². The normalized spacial score (nSPS) is 10.7. The smallest absolute Gasteiger partial charge is 0.335 e. The number of hydrogen-bond acceptors (Lipinski definition) is 3. The molecule has 0 aliphatic heterocycles. The first-order valence-electron chi connectivity index (χ1n) is 9.29. The Morgan fingerprint density at radius 1 is 1.00 bits per heavy atom. The summed E-state index contributed by atoms with van der Waals surface area (Å²) in [6, 6.07) is 16.6. The van der Waals surface area contributed by atoms with E-state index in [9.17, 15) is 4.79 Å². The Morgan fingerprint density at radius 2 is 1.70 bits per heavy atom. The largest absolute Gasteiger partial charge is 0.494 e. The van der Waals surface area contributed by atoms with Crippen molar-refractivity contribution in [3.8, 4) is 28.3 Å². The van der Waals surface area contributed by atoms with Crippen LogP contribution in [-0.4, -0.2) is 27.9 Å². The molecule has 0 bridgehead atoms. The third kappa shape index (κ3) is 4.97. The number of benzene rings is 2. The number of aromatic amines is 1. The quantitative estimate of drug-likeness (QED) is 0.498. The Bertz CT molecular complexity index is 867. The Balaban J connectivity index is 1.63. The van der Waals surface area contributed by atoms with Gasteiger partial charge in [0.1, 0.15) is 5.75 Å². The number of ether oxygens (including phenoxy) is 1. The van der Waals surface area contributed by atoms with E-state index >= 15 is 0 Å². The number of H-pyrrole nitrogens is 1. The number of rotatable bonds is 9. The lowest BCUT2D eigenvalue weighted by molar-refractivity contribution is 0.0697. The van der Waals surface area contributed by atoms with Crippen LogP contribution in [0.25, 0.3) is 22.5 Å². The van der Waals surface area contributed by atoms with Gasteiger partial charge in [0.05, 0.1) is 23.6 Å². The second-order valence-electron chi connectivity index (χ2n) is 6.48. The highest BCUT2D eigenvalue weighted by atomic mass is 16.5. The highest BCUT2D eigenvalue weighted by Gasteiger charge is 2.08. The minimum absolute atomic E-state index is 0.267. The zero-order valence-electron chi connectivity index (χ0n) is 15.4. The summed E-state index contributed by atoms with van der Waals surface area (Å²) in [5.41, 5.74) is 3.84. The van der Waals surface area contributed by atoms with E-state index in [1.54, 1.807) is 24.3 Å². The predicted octanol–water partition coefficient (Wildman–Crippen LogP) is 5.40. The summed E-state index contributed by atoms with van der Waals surface area (Å²) in [7, 11) is 0. The van der Waals surface area contributed by atoms with Gasteiger partial charge in [-0.2, -0.15) is 5.10 Å². The molecule has 27 heavy (non-hydrogen) atoms. The standard InChI is InChI=1S/C22H24N2O3/c1-2-3-4-5-14-27-19-12-10-17(11-13-19)21-15-20(23-24-21)16-6-8-18(9-7-16)22(25)26/h6-13,15H,2-5,14H2,1H3,(H,23,24)(H,25,26). The molecule has 5 heteroatoms. The third-order valence-electron chi connectivity index (χ3n) is 4.44. The van der Waals surface area contributed by atoms with Crippen molar-refractivity contribution >= 4 is 5.97 Å². The molecule has 0 fully saturated rings. The fourth-order valence-electron chi connectivity index (χ4n) is 2.85. The highest BCUT2D eigenvalue weighted by molar-refractivity contribution is 5.88. The van der Waals surface area contributed by atoms with Gasteiger partial charge >= 0.3 is 5.97 Å². The van der Waals surface area contributed by atoms with Crippen LogP contribution in [0.2, 0.25) is 0 Å². The summed E-state index contributed by atoms with van der Waals surface area (Å²) < 4.78 is 5.77. The maximum Gasteiger partial charge on any atom is 0.335 e. The van der Waals surface area contributed by atoms with Gasteiger partial charge in [-0.1, -0.05) is 38.3 Å². The number of carbonyl (C=O) groups is 1. The summed E-state index contributed by atoms with van der Waals surface area (Å²) in [4.78, 5) is 10.9. The predicted molar refractivity (Wildman–Crippen MR) is 106 cm³/mol. The SMILES string of the molecule is CCCCCCOc1ccc(-c2cc(-c3ccc(C(=O)O)cc3)[nH]n2)cc1. The van der Waals surface area contributed by atoms with Gasteiger partial charge in [-0.25, -0.2) is 4.79 Å². The summed E-state index contributed by atoms with van der Waals surface area (Å²) in [5, 5.41) is 16.4. The molecule has 2 N–H and O–H groups in total. The van der Waals surface area contributed by atoms with Crippen molar-refractivity contribution in [1.82, 2.24) is 10.2 Å². The van der Waals surface area contributed by atoms with Gasteiger partial charge < -0.3 is 9.84 Å². The molecule has 3 rings (SSSR count). The minimum atomic E-state index is -0.931. The van der Waals surface area contributed by atoms with Crippen molar-refractivity contribution in [3.63, 3.8) is 0 Å². The monoisotopic (exact) mass is 364 g/mol. The number of unbranched alkanes of at least 4 members (excludes halogenated alkanes) is 3. The van der Waals surface area contributed by atoms with Crippen molar-refractivity contribution in [2.45, 2.75) is 32.6 Å². The number of aromatic carboxylic acids is 1. The van der Waals surface area contributed by atoms with E-state index in [-0.39, 0.29) is 5.56 Å². The molecular weight excluding hydrogens is 340 g/mol. The molecule has 0 amide bonds. The van der Waals surface area contributed by atoms with E-state index in [1.165, 1.54) is 19.3 Å². The zero-order chi connectivity index (χ0) is 19.1. The number of hydrogen-bond donors (Lipinski definition) is 2.